The van der Waals surface area contributed by atoms with Crippen LogP contribution in [0.15, 0.2) is 53.0 Å². The number of nitrogens with zero attached hydrogens (tertiary/aromatic N) is 2. The van der Waals surface area contributed by atoms with E-state index in [9.17, 15) is 9.59 Å². The fourth-order valence-electron chi connectivity index (χ4n) is 3.21. The predicted octanol–water partition coefficient (Wildman–Crippen LogP) is 4.01. The summed E-state index contributed by atoms with van der Waals surface area (Å²) in [7, 11) is 0. The molecule has 0 aromatic heterocycles. The summed E-state index contributed by atoms with van der Waals surface area (Å²) in [6, 6.07) is 15.1. The van der Waals surface area contributed by atoms with Crippen LogP contribution in [0.5, 0.6) is 0 Å². The molecule has 1 aliphatic rings. The summed E-state index contributed by atoms with van der Waals surface area (Å²) >= 11 is 3.40. The number of hydrogen-bond acceptors (Lipinski definition) is 3. The summed E-state index contributed by atoms with van der Waals surface area (Å²) in [5.41, 5.74) is 2.37. The van der Waals surface area contributed by atoms with E-state index in [0.717, 1.165) is 28.9 Å². The minimum atomic E-state index is -0.141. The van der Waals surface area contributed by atoms with E-state index in [4.69, 9.17) is 0 Å². The molecule has 0 bridgehead atoms. The molecular weight excluding hydrogens is 406 g/mol. The lowest BCUT2D eigenvalue weighted by Crippen LogP contribution is -2.50. The monoisotopic (exact) mass is 429 g/mol. The highest BCUT2D eigenvalue weighted by molar-refractivity contribution is 9.10. The normalized spacial score (nSPS) is 14.4. The van der Waals surface area contributed by atoms with Gasteiger partial charge in [-0.1, -0.05) is 48.0 Å². The zero-order valence-electron chi connectivity index (χ0n) is 15.6. The Morgan fingerprint density at radius 2 is 1.70 bits per heavy atom. The van der Waals surface area contributed by atoms with Gasteiger partial charge in [0.15, 0.2) is 0 Å². The number of para-hydroxylation sites is 2. The molecule has 27 heavy (non-hydrogen) atoms. The highest BCUT2D eigenvalue weighted by Gasteiger charge is 2.24. The van der Waals surface area contributed by atoms with E-state index in [2.05, 4.69) is 26.1 Å². The van der Waals surface area contributed by atoms with Gasteiger partial charge >= 0.3 is 0 Å². The number of nitrogens with one attached hydrogen (secondary N) is 1. The number of amides is 2. The maximum atomic E-state index is 12.6. The first kappa shape index (κ1) is 19.4. The zero-order valence-corrected chi connectivity index (χ0v) is 17.2. The number of halogens is 1. The van der Waals surface area contributed by atoms with Gasteiger partial charge in [-0.3, -0.25) is 9.59 Å². The molecule has 1 aliphatic heterocycles. The summed E-state index contributed by atoms with van der Waals surface area (Å²) in [5, 5.41) is 3.02. The number of carbonyl (C=O) groups is 2. The molecule has 0 unspecified atom stereocenters. The van der Waals surface area contributed by atoms with Crippen LogP contribution in [0.3, 0.4) is 0 Å². The second-order valence-electron chi connectivity index (χ2n) is 6.95. The van der Waals surface area contributed by atoms with Crippen molar-refractivity contribution in [2.45, 2.75) is 13.8 Å². The number of hydrogen-bond donors (Lipinski definition) is 1. The van der Waals surface area contributed by atoms with E-state index in [-0.39, 0.29) is 17.7 Å². The van der Waals surface area contributed by atoms with E-state index in [0.29, 0.717) is 18.7 Å². The molecule has 2 aromatic carbocycles. The van der Waals surface area contributed by atoms with Gasteiger partial charge in [-0.2, -0.15) is 0 Å². The maximum absolute atomic E-state index is 12.6. The largest absolute Gasteiger partial charge is 0.366 e. The molecule has 0 saturated carbocycles. The number of benzene rings is 2. The van der Waals surface area contributed by atoms with Crippen LogP contribution >= 0.6 is 15.9 Å². The van der Waals surface area contributed by atoms with Crippen molar-refractivity contribution in [3.05, 3.63) is 58.6 Å². The molecule has 1 heterocycles. The van der Waals surface area contributed by atoms with Gasteiger partial charge < -0.3 is 15.1 Å². The van der Waals surface area contributed by atoms with Crippen LogP contribution in [0.1, 0.15) is 24.2 Å². The van der Waals surface area contributed by atoms with E-state index in [1.54, 1.807) is 12.1 Å². The Morgan fingerprint density at radius 1 is 1.00 bits per heavy atom. The van der Waals surface area contributed by atoms with Gasteiger partial charge in [-0.15, -0.1) is 0 Å². The minimum absolute atomic E-state index is 0.0216. The Balaban J connectivity index is 1.71. The van der Waals surface area contributed by atoms with E-state index in [1.165, 1.54) is 0 Å². The van der Waals surface area contributed by atoms with Gasteiger partial charge in [0, 0.05) is 42.1 Å². The molecule has 1 N–H and O–H groups in total. The van der Waals surface area contributed by atoms with Gasteiger partial charge in [0.2, 0.25) is 5.91 Å². The van der Waals surface area contributed by atoms with Gasteiger partial charge in [0.05, 0.1) is 11.4 Å². The van der Waals surface area contributed by atoms with Crippen LogP contribution in [0.2, 0.25) is 0 Å². The molecule has 0 spiro atoms. The number of anilines is 2. The number of carbonyl (C=O) groups excluding carboxylic acids is 2. The molecule has 0 aliphatic carbocycles. The van der Waals surface area contributed by atoms with Gasteiger partial charge in [-0.05, 0) is 30.3 Å². The van der Waals surface area contributed by atoms with E-state index >= 15 is 0 Å². The molecule has 5 nitrogen and oxygen atoms in total. The average Bonchev–Trinajstić information content (AvgIpc) is 2.68. The van der Waals surface area contributed by atoms with Crippen LogP contribution in [0.25, 0.3) is 0 Å². The van der Waals surface area contributed by atoms with Crippen molar-refractivity contribution in [2.24, 2.45) is 5.92 Å². The standard InChI is InChI=1S/C21H24BrN3O2/c1-15(2)21(27)25-12-10-24(11-13-25)19-9-4-3-8-18(19)23-20(26)16-6-5-7-17(22)14-16/h3-9,14-15H,10-13H2,1-2H3,(H,23,26). The first-order valence-electron chi connectivity index (χ1n) is 9.15. The average molecular weight is 430 g/mol. The van der Waals surface area contributed by atoms with Crippen molar-refractivity contribution in [2.75, 3.05) is 36.4 Å². The summed E-state index contributed by atoms with van der Waals surface area (Å²) in [5.74, 6) is 0.0802. The Labute approximate surface area is 168 Å². The maximum Gasteiger partial charge on any atom is 0.255 e. The summed E-state index contributed by atoms with van der Waals surface area (Å²) in [4.78, 5) is 28.9. The van der Waals surface area contributed by atoms with Crippen molar-refractivity contribution < 1.29 is 9.59 Å². The van der Waals surface area contributed by atoms with Crippen LogP contribution in [0, 0.1) is 5.92 Å². The van der Waals surface area contributed by atoms with Gasteiger partial charge in [-0.25, -0.2) is 0 Å². The fourth-order valence-corrected chi connectivity index (χ4v) is 3.61. The highest BCUT2D eigenvalue weighted by Crippen LogP contribution is 2.27. The minimum Gasteiger partial charge on any atom is -0.366 e. The molecule has 6 heteroatoms. The summed E-state index contributed by atoms with van der Waals surface area (Å²) in [6.45, 7) is 6.77. The lowest BCUT2D eigenvalue weighted by Gasteiger charge is -2.37. The molecule has 3 rings (SSSR count). The lowest BCUT2D eigenvalue weighted by atomic mass is 10.1. The van der Waals surface area contributed by atoms with Crippen molar-refractivity contribution in [3.8, 4) is 0 Å². The number of rotatable bonds is 4. The third kappa shape index (κ3) is 4.69. The molecule has 0 atom stereocenters. The Kier molecular flexibility index (Phi) is 6.16. The van der Waals surface area contributed by atoms with Gasteiger partial charge in [0.25, 0.3) is 5.91 Å². The van der Waals surface area contributed by atoms with E-state index in [1.807, 2.05) is 55.1 Å². The number of piperazine rings is 1. The van der Waals surface area contributed by atoms with Crippen LogP contribution in [0.4, 0.5) is 11.4 Å². The smallest absolute Gasteiger partial charge is 0.255 e. The first-order valence-corrected chi connectivity index (χ1v) is 9.94. The molecular formula is C21H24BrN3O2. The molecule has 0 radical (unpaired) electrons. The molecule has 142 valence electrons. The van der Waals surface area contributed by atoms with Crippen molar-refractivity contribution in [1.82, 2.24) is 4.90 Å². The summed E-state index contributed by atoms with van der Waals surface area (Å²) < 4.78 is 0.870. The second kappa shape index (κ2) is 8.57. The third-order valence-electron chi connectivity index (χ3n) is 4.66. The quantitative estimate of drug-likeness (QED) is 0.798. The Morgan fingerprint density at radius 3 is 2.37 bits per heavy atom. The predicted molar refractivity (Wildman–Crippen MR) is 112 cm³/mol. The van der Waals surface area contributed by atoms with Crippen LogP contribution < -0.4 is 10.2 Å². The van der Waals surface area contributed by atoms with Crippen LogP contribution in [-0.4, -0.2) is 42.9 Å². The molecule has 2 amide bonds. The van der Waals surface area contributed by atoms with Crippen LogP contribution in [-0.2, 0) is 4.79 Å². The zero-order chi connectivity index (χ0) is 19.4. The highest BCUT2D eigenvalue weighted by atomic mass is 79.9. The molecule has 2 aromatic rings. The van der Waals surface area contributed by atoms with Gasteiger partial charge in [0.1, 0.15) is 0 Å². The Bertz CT molecular complexity index is 830. The third-order valence-corrected chi connectivity index (χ3v) is 5.16. The van der Waals surface area contributed by atoms with Crippen molar-refractivity contribution in [3.63, 3.8) is 0 Å². The van der Waals surface area contributed by atoms with Crippen molar-refractivity contribution >= 4 is 39.1 Å². The molecule has 1 fully saturated rings. The van der Waals surface area contributed by atoms with E-state index < -0.39 is 0 Å². The Hall–Kier alpha value is -2.34. The molecule has 1 saturated heterocycles. The fraction of sp³-hybridized carbons (Fsp3) is 0.333. The summed E-state index contributed by atoms with van der Waals surface area (Å²) in [6.07, 6.45) is 0. The second-order valence-corrected chi connectivity index (χ2v) is 7.86. The topological polar surface area (TPSA) is 52.7 Å². The van der Waals surface area contributed by atoms with Crippen molar-refractivity contribution in [1.29, 1.82) is 0 Å². The lowest BCUT2D eigenvalue weighted by molar-refractivity contribution is -0.134. The first-order chi connectivity index (χ1) is 13.0. The SMILES string of the molecule is CC(C)C(=O)N1CCN(c2ccccc2NC(=O)c2cccc(Br)c2)CC1.